The molecule has 0 heterocycles. The van der Waals surface area contributed by atoms with Crippen LogP contribution in [0.3, 0.4) is 0 Å². The Morgan fingerprint density at radius 1 is 0.938 bits per heavy atom. The molecule has 0 aromatic heterocycles. The second-order valence-corrected chi connectivity index (χ2v) is 7.57. The first kappa shape index (κ1) is 23.0. The van der Waals surface area contributed by atoms with E-state index in [1.54, 1.807) is 24.3 Å². The highest BCUT2D eigenvalue weighted by molar-refractivity contribution is 7.80. The summed E-state index contributed by atoms with van der Waals surface area (Å²) < 4.78 is 5.78. The molecule has 0 aliphatic rings. The Labute approximate surface area is 194 Å². The summed E-state index contributed by atoms with van der Waals surface area (Å²) in [6, 6.07) is 29.1. The summed E-state index contributed by atoms with van der Waals surface area (Å²) in [5, 5.41) is 12.0. The van der Waals surface area contributed by atoms with Crippen LogP contribution < -0.4 is 10.1 Å². The molecule has 3 aromatic carbocycles. The standard InChI is InChI=1S/C26H25N3O2S/c27-17-7-18-29(20-22-10-5-2-6-11-22)26(32)28-25(30)23-12-14-24(15-13-23)31-19-16-21-8-3-1-4-9-21/h1-6,8-15H,7,16,18-20H2,(H,28,30,32). The Morgan fingerprint density at radius 3 is 2.19 bits per heavy atom. The van der Waals surface area contributed by atoms with Crippen LogP contribution in [0.25, 0.3) is 0 Å². The molecule has 0 bridgehead atoms. The predicted octanol–water partition coefficient (Wildman–Crippen LogP) is 4.74. The molecule has 3 rings (SSSR count). The quantitative estimate of drug-likeness (QED) is 0.484. The Balaban J connectivity index is 1.53. The summed E-state index contributed by atoms with van der Waals surface area (Å²) in [6.45, 7) is 1.53. The van der Waals surface area contributed by atoms with Crippen molar-refractivity contribution in [1.29, 1.82) is 5.26 Å². The van der Waals surface area contributed by atoms with Gasteiger partial charge in [-0.15, -0.1) is 0 Å². The maximum atomic E-state index is 12.7. The third-order valence-electron chi connectivity index (χ3n) is 4.84. The topological polar surface area (TPSA) is 65.4 Å². The number of hydrogen-bond acceptors (Lipinski definition) is 4. The van der Waals surface area contributed by atoms with E-state index < -0.39 is 0 Å². The second kappa shape index (κ2) is 12.2. The molecule has 6 heteroatoms. The molecule has 0 aliphatic heterocycles. The summed E-state index contributed by atoms with van der Waals surface area (Å²) >= 11 is 5.45. The molecule has 0 saturated heterocycles. The largest absolute Gasteiger partial charge is 0.493 e. The Kier molecular flexibility index (Phi) is 8.79. The molecule has 1 amide bonds. The number of carbonyl (C=O) groups excluding carboxylic acids is 1. The number of hydrogen-bond donors (Lipinski definition) is 1. The molecule has 0 saturated carbocycles. The van der Waals surface area contributed by atoms with Gasteiger partial charge in [0.15, 0.2) is 5.11 Å². The summed E-state index contributed by atoms with van der Waals surface area (Å²) in [5.41, 5.74) is 2.76. The van der Waals surface area contributed by atoms with Crippen molar-refractivity contribution in [3.63, 3.8) is 0 Å². The summed E-state index contributed by atoms with van der Waals surface area (Å²) in [5.74, 6) is 0.417. The van der Waals surface area contributed by atoms with Gasteiger partial charge in [-0.05, 0) is 47.6 Å². The minimum absolute atomic E-state index is 0.291. The van der Waals surface area contributed by atoms with Gasteiger partial charge in [0.1, 0.15) is 5.75 Å². The van der Waals surface area contributed by atoms with E-state index in [2.05, 4.69) is 23.5 Å². The molecule has 0 aliphatic carbocycles. The van der Waals surface area contributed by atoms with Crippen molar-refractivity contribution in [1.82, 2.24) is 10.2 Å². The zero-order valence-corrected chi connectivity index (χ0v) is 18.6. The van der Waals surface area contributed by atoms with E-state index >= 15 is 0 Å². The fourth-order valence-corrected chi connectivity index (χ4v) is 3.37. The molecular weight excluding hydrogens is 418 g/mol. The van der Waals surface area contributed by atoms with E-state index in [4.69, 9.17) is 22.2 Å². The van der Waals surface area contributed by atoms with Gasteiger partial charge in [-0.1, -0.05) is 60.7 Å². The van der Waals surface area contributed by atoms with Crippen LogP contribution in [0.5, 0.6) is 5.75 Å². The third-order valence-corrected chi connectivity index (χ3v) is 5.20. The van der Waals surface area contributed by atoms with Gasteiger partial charge >= 0.3 is 0 Å². The van der Waals surface area contributed by atoms with Crippen molar-refractivity contribution in [2.75, 3.05) is 13.2 Å². The fourth-order valence-electron chi connectivity index (χ4n) is 3.12. The number of nitrogens with one attached hydrogen (secondary N) is 1. The van der Waals surface area contributed by atoms with E-state index in [-0.39, 0.29) is 5.91 Å². The first-order chi connectivity index (χ1) is 15.7. The molecule has 0 fully saturated rings. The van der Waals surface area contributed by atoms with Gasteiger partial charge < -0.3 is 9.64 Å². The van der Waals surface area contributed by atoms with Crippen LogP contribution in [0.4, 0.5) is 0 Å². The lowest BCUT2D eigenvalue weighted by Gasteiger charge is -2.24. The lowest BCUT2D eigenvalue weighted by atomic mass is 10.2. The maximum absolute atomic E-state index is 12.7. The van der Waals surface area contributed by atoms with E-state index in [0.717, 1.165) is 12.0 Å². The molecule has 0 unspecified atom stereocenters. The SMILES string of the molecule is N#CCCN(Cc1ccccc1)C(=S)NC(=O)c1ccc(OCCc2ccccc2)cc1. The average molecular weight is 444 g/mol. The molecule has 1 N–H and O–H groups in total. The lowest BCUT2D eigenvalue weighted by Crippen LogP contribution is -2.42. The van der Waals surface area contributed by atoms with Gasteiger partial charge in [0.2, 0.25) is 0 Å². The molecule has 162 valence electrons. The highest BCUT2D eigenvalue weighted by Crippen LogP contribution is 2.13. The highest BCUT2D eigenvalue weighted by Gasteiger charge is 2.14. The number of ether oxygens (including phenoxy) is 1. The van der Waals surface area contributed by atoms with Gasteiger partial charge in [0.05, 0.1) is 19.1 Å². The van der Waals surface area contributed by atoms with E-state index in [0.29, 0.717) is 42.5 Å². The number of benzene rings is 3. The Bertz CT molecular complexity index is 1050. The van der Waals surface area contributed by atoms with Crippen LogP contribution in [0.2, 0.25) is 0 Å². The number of amides is 1. The average Bonchev–Trinajstić information content (AvgIpc) is 2.83. The normalized spacial score (nSPS) is 10.1. The van der Waals surface area contributed by atoms with Crippen LogP contribution in [0.15, 0.2) is 84.9 Å². The fraction of sp³-hybridized carbons (Fsp3) is 0.192. The molecule has 0 radical (unpaired) electrons. The minimum Gasteiger partial charge on any atom is -0.493 e. The van der Waals surface area contributed by atoms with Crippen LogP contribution in [-0.4, -0.2) is 29.1 Å². The van der Waals surface area contributed by atoms with E-state index in [9.17, 15) is 4.79 Å². The monoisotopic (exact) mass is 443 g/mol. The number of carbonyl (C=O) groups is 1. The number of nitrogens with zero attached hydrogens (tertiary/aromatic N) is 2. The van der Waals surface area contributed by atoms with Crippen LogP contribution in [-0.2, 0) is 13.0 Å². The van der Waals surface area contributed by atoms with Crippen molar-refractivity contribution < 1.29 is 9.53 Å². The number of rotatable bonds is 9. The highest BCUT2D eigenvalue weighted by atomic mass is 32.1. The van der Waals surface area contributed by atoms with Crippen molar-refractivity contribution in [3.8, 4) is 11.8 Å². The molecule has 3 aromatic rings. The van der Waals surface area contributed by atoms with Crippen LogP contribution >= 0.6 is 12.2 Å². The zero-order chi connectivity index (χ0) is 22.6. The first-order valence-corrected chi connectivity index (χ1v) is 10.8. The van der Waals surface area contributed by atoms with Gasteiger partial charge in [-0.25, -0.2) is 0 Å². The van der Waals surface area contributed by atoms with E-state index in [1.165, 1.54) is 5.56 Å². The Hall–Kier alpha value is -3.69. The Morgan fingerprint density at radius 2 is 1.56 bits per heavy atom. The summed E-state index contributed by atoms with van der Waals surface area (Å²) in [6.07, 6.45) is 1.13. The predicted molar refractivity (Wildman–Crippen MR) is 129 cm³/mol. The first-order valence-electron chi connectivity index (χ1n) is 10.4. The third kappa shape index (κ3) is 7.22. The zero-order valence-electron chi connectivity index (χ0n) is 17.7. The van der Waals surface area contributed by atoms with Crippen molar-refractivity contribution in [2.45, 2.75) is 19.4 Å². The molecule has 0 spiro atoms. The van der Waals surface area contributed by atoms with Gasteiger partial charge in [0, 0.05) is 25.1 Å². The smallest absolute Gasteiger partial charge is 0.257 e. The molecule has 0 atom stereocenters. The van der Waals surface area contributed by atoms with Crippen LogP contribution in [0, 0.1) is 11.3 Å². The van der Waals surface area contributed by atoms with Gasteiger partial charge in [-0.3, -0.25) is 10.1 Å². The molecular formula is C26H25N3O2S. The molecule has 5 nitrogen and oxygen atoms in total. The van der Waals surface area contributed by atoms with Gasteiger partial charge in [0.25, 0.3) is 5.91 Å². The van der Waals surface area contributed by atoms with Crippen molar-refractivity contribution in [3.05, 3.63) is 102 Å². The number of nitriles is 1. The minimum atomic E-state index is -0.291. The maximum Gasteiger partial charge on any atom is 0.257 e. The van der Waals surface area contributed by atoms with Crippen LogP contribution in [0.1, 0.15) is 27.9 Å². The summed E-state index contributed by atoms with van der Waals surface area (Å²) in [4.78, 5) is 14.5. The van der Waals surface area contributed by atoms with Crippen molar-refractivity contribution >= 4 is 23.2 Å². The van der Waals surface area contributed by atoms with E-state index in [1.807, 2.05) is 53.4 Å². The van der Waals surface area contributed by atoms with Gasteiger partial charge in [-0.2, -0.15) is 5.26 Å². The second-order valence-electron chi connectivity index (χ2n) is 7.18. The van der Waals surface area contributed by atoms with Crippen molar-refractivity contribution in [2.24, 2.45) is 0 Å². The lowest BCUT2D eigenvalue weighted by molar-refractivity contribution is 0.0973. The summed E-state index contributed by atoms with van der Waals surface area (Å²) in [7, 11) is 0. The number of thiocarbonyl (C=S) groups is 1. The molecule has 32 heavy (non-hydrogen) atoms.